The average molecular weight is 303 g/mol. The van der Waals surface area contributed by atoms with Crippen LogP contribution < -0.4 is 5.32 Å². The molecule has 1 fully saturated rings. The van der Waals surface area contributed by atoms with Crippen LogP contribution in [0.15, 0.2) is 22.7 Å². The third-order valence-electron chi connectivity index (χ3n) is 3.09. The van der Waals surface area contributed by atoms with Crippen LogP contribution in [0.4, 0.5) is 4.39 Å². The van der Waals surface area contributed by atoms with Crippen molar-refractivity contribution in [3.8, 4) is 0 Å². The molecule has 1 aliphatic rings. The average Bonchev–Trinajstić information content (AvgIpc) is 2.36. The van der Waals surface area contributed by atoms with E-state index < -0.39 is 0 Å². The molecule has 1 aromatic carbocycles. The van der Waals surface area contributed by atoms with Gasteiger partial charge < -0.3 is 10.4 Å². The van der Waals surface area contributed by atoms with E-state index in [2.05, 4.69) is 26.1 Å². The highest BCUT2D eigenvalue weighted by molar-refractivity contribution is 9.10. The molecule has 0 spiro atoms. The quantitative estimate of drug-likeness (QED) is 0.889. The smallest absolute Gasteiger partial charge is 0.137 e. The van der Waals surface area contributed by atoms with Gasteiger partial charge in [0.25, 0.3) is 0 Å². The molecule has 1 saturated heterocycles. The molecule has 0 amide bonds. The first-order valence-electron chi connectivity index (χ1n) is 5.73. The topological polar surface area (TPSA) is 35.5 Å². The van der Waals surface area contributed by atoms with Crippen LogP contribution in [-0.4, -0.2) is 42.8 Å². The number of aliphatic hydroxyl groups is 1. The number of nitrogens with zero attached hydrogens (tertiary/aromatic N) is 1. The number of aliphatic hydroxyl groups excluding tert-OH is 1. The zero-order valence-electron chi connectivity index (χ0n) is 9.50. The summed E-state index contributed by atoms with van der Waals surface area (Å²) in [7, 11) is 0. The molecule has 2 rings (SSSR count). The molecule has 1 aliphatic heterocycles. The second kappa shape index (κ2) is 5.91. The lowest BCUT2D eigenvalue weighted by molar-refractivity contribution is 0.110. The summed E-state index contributed by atoms with van der Waals surface area (Å²) in [6, 6.07) is 4.93. The Labute approximate surface area is 109 Å². The Hall–Kier alpha value is -0.490. The van der Waals surface area contributed by atoms with Gasteiger partial charge in [-0.1, -0.05) is 6.07 Å². The van der Waals surface area contributed by atoms with Crippen molar-refractivity contribution in [1.29, 1.82) is 0 Å². The zero-order chi connectivity index (χ0) is 12.3. The standard InChI is InChI=1S/C12H16BrFN2O/c13-10-2-1-9(7-11(10)14)12(8-17)16-5-3-15-4-6-16/h1-2,7,12,15,17H,3-6,8H2/t12-/m0/s1. The molecule has 5 heteroatoms. The highest BCUT2D eigenvalue weighted by Gasteiger charge is 2.21. The van der Waals surface area contributed by atoms with Gasteiger partial charge in [0.05, 0.1) is 17.1 Å². The van der Waals surface area contributed by atoms with Crippen molar-refractivity contribution in [2.75, 3.05) is 32.8 Å². The van der Waals surface area contributed by atoms with E-state index in [4.69, 9.17) is 0 Å². The van der Waals surface area contributed by atoms with Crippen molar-refractivity contribution >= 4 is 15.9 Å². The fraction of sp³-hybridized carbons (Fsp3) is 0.500. The van der Waals surface area contributed by atoms with Crippen LogP contribution in [0.1, 0.15) is 11.6 Å². The number of benzene rings is 1. The molecule has 0 aliphatic carbocycles. The van der Waals surface area contributed by atoms with Crippen molar-refractivity contribution in [3.63, 3.8) is 0 Å². The number of piperazine rings is 1. The Balaban J connectivity index is 2.18. The lowest BCUT2D eigenvalue weighted by Crippen LogP contribution is -2.46. The van der Waals surface area contributed by atoms with Gasteiger partial charge >= 0.3 is 0 Å². The Morgan fingerprint density at radius 3 is 2.71 bits per heavy atom. The third-order valence-corrected chi connectivity index (χ3v) is 3.74. The van der Waals surface area contributed by atoms with Gasteiger partial charge in [-0.05, 0) is 33.6 Å². The second-order valence-corrected chi connectivity index (χ2v) is 5.01. The fourth-order valence-electron chi connectivity index (χ4n) is 2.15. The molecule has 0 bridgehead atoms. The summed E-state index contributed by atoms with van der Waals surface area (Å²) in [5.74, 6) is -0.281. The lowest BCUT2D eigenvalue weighted by Gasteiger charge is -2.34. The van der Waals surface area contributed by atoms with Crippen LogP contribution in [0.3, 0.4) is 0 Å². The Morgan fingerprint density at radius 1 is 1.41 bits per heavy atom. The number of rotatable bonds is 3. The third kappa shape index (κ3) is 3.04. The van der Waals surface area contributed by atoms with Crippen molar-refractivity contribution in [2.24, 2.45) is 0 Å². The molecule has 94 valence electrons. The second-order valence-electron chi connectivity index (χ2n) is 4.16. The van der Waals surface area contributed by atoms with Gasteiger partial charge in [0, 0.05) is 26.2 Å². The summed E-state index contributed by atoms with van der Waals surface area (Å²) < 4.78 is 13.9. The van der Waals surface area contributed by atoms with Gasteiger partial charge in [-0.15, -0.1) is 0 Å². The fourth-order valence-corrected chi connectivity index (χ4v) is 2.39. The largest absolute Gasteiger partial charge is 0.394 e. The molecule has 0 unspecified atom stereocenters. The molecule has 0 radical (unpaired) electrons. The monoisotopic (exact) mass is 302 g/mol. The van der Waals surface area contributed by atoms with E-state index in [0.717, 1.165) is 31.7 Å². The van der Waals surface area contributed by atoms with E-state index in [1.54, 1.807) is 6.07 Å². The van der Waals surface area contributed by atoms with E-state index in [1.165, 1.54) is 6.07 Å². The molecule has 0 saturated carbocycles. The van der Waals surface area contributed by atoms with E-state index in [-0.39, 0.29) is 18.5 Å². The van der Waals surface area contributed by atoms with Gasteiger partial charge in [-0.2, -0.15) is 0 Å². The molecule has 1 aromatic rings. The first-order chi connectivity index (χ1) is 8.22. The van der Waals surface area contributed by atoms with E-state index in [1.807, 2.05) is 6.07 Å². The van der Waals surface area contributed by atoms with Crippen LogP contribution in [0.5, 0.6) is 0 Å². The molecule has 17 heavy (non-hydrogen) atoms. The van der Waals surface area contributed by atoms with Crippen LogP contribution in [0.25, 0.3) is 0 Å². The molecule has 1 atom stereocenters. The van der Waals surface area contributed by atoms with Crippen molar-refractivity contribution in [3.05, 3.63) is 34.1 Å². The molecule has 2 N–H and O–H groups in total. The summed E-state index contributed by atoms with van der Waals surface area (Å²) in [4.78, 5) is 2.18. The van der Waals surface area contributed by atoms with Crippen molar-refractivity contribution in [2.45, 2.75) is 6.04 Å². The zero-order valence-corrected chi connectivity index (χ0v) is 11.1. The number of halogens is 2. The summed E-state index contributed by atoms with van der Waals surface area (Å²) in [6.45, 7) is 3.60. The van der Waals surface area contributed by atoms with E-state index in [9.17, 15) is 9.50 Å². The van der Waals surface area contributed by atoms with E-state index >= 15 is 0 Å². The Morgan fingerprint density at radius 2 is 2.12 bits per heavy atom. The predicted octanol–water partition coefficient (Wildman–Crippen LogP) is 1.53. The summed E-state index contributed by atoms with van der Waals surface area (Å²) >= 11 is 3.14. The lowest BCUT2D eigenvalue weighted by atomic mass is 10.1. The molecule has 3 nitrogen and oxygen atoms in total. The van der Waals surface area contributed by atoms with E-state index in [0.29, 0.717) is 4.47 Å². The highest BCUT2D eigenvalue weighted by atomic mass is 79.9. The summed E-state index contributed by atoms with van der Waals surface area (Å²) in [5, 5.41) is 12.8. The molecule has 0 aromatic heterocycles. The summed E-state index contributed by atoms with van der Waals surface area (Å²) in [6.07, 6.45) is 0. The minimum atomic E-state index is -0.281. The molecular weight excluding hydrogens is 287 g/mol. The number of nitrogens with one attached hydrogen (secondary N) is 1. The first kappa shape index (κ1) is 13.0. The van der Waals surface area contributed by atoms with Crippen molar-refractivity contribution in [1.82, 2.24) is 10.2 Å². The first-order valence-corrected chi connectivity index (χ1v) is 6.52. The highest BCUT2D eigenvalue weighted by Crippen LogP contribution is 2.24. The van der Waals surface area contributed by atoms with Gasteiger partial charge in [0.2, 0.25) is 0 Å². The van der Waals surface area contributed by atoms with Gasteiger partial charge in [-0.25, -0.2) is 4.39 Å². The number of hydrogen-bond acceptors (Lipinski definition) is 3. The maximum Gasteiger partial charge on any atom is 0.137 e. The van der Waals surface area contributed by atoms with Gasteiger partial charge in [0.15, 0.2) is 0 Å². The Kier molecular flexibility index (Phi) is 4.50. The minimum absolute atomic E-state index is 0.0150. The van der Waals surface area contributed by atoms with Gasteiger partial charge in [-0.3, -0.25) is 4.90 Å². The van der Waals surface area contributed by atoms with Crippen LogP contribution in [0, 0.1) is 5.82 Å². The number of hydrogen-bond donors (Lipinski definition) is 2. The normalized spacial score (nSPS) is 19.2. The molecule has 1 heterocycles. The summed E-state index contributed by atoms with van der Waals surface area (Å²) in [5.41, 5.74) is 0.829. The van der Waals surface area contributed by atoms with Gasteiger partial charge in [0.1, 0.15) is 5.82 Å². The van der Waals surface area contributed by atoms with Crippen molar-refractivity contribution < 1.29 is 9.50 Å². The SMILES string of the molecule is OC[C@@H](c1ccc(Br)c(F)c1)N1CCNCC1. The van der Waals surface area contributed by atoms with Crippen LogP contribution >= 0.6 is 15.9 Å². The maximum atomic E-state index is 13.5. The Bertz CT molecular complexity index is 383. The minimum Gasteiger partial charge on any atom is -0.394 e. The van der Waals surface area contributed by atoms with Crippen LogP contribution in [0.2, 0.25) is 0 Å². The molecular formula is C12H16BrFN2O. The van der Waals surface area contributed by atoms with Crippen LogP contribution in [-0.2, 0) is 0 Å². The maximum absolute atomic E-state index is 13.5. The predicted molar refractivity (Wildman–Crippen MR) is 68.4 cm³/mol.